The second-order valence-corrected chi connectivity index (χ2v) is 4.36. The molecule has 0 aliphatic rings. The molecular formula is C11H19N4NaO7S. The number of thiol groups is 1. The van der Waals surface area contributed by atoms with Crippen molar-refractivity contribution in [3.05, 3.63) is 0 Å². The first-order chi connectivity index (χ1) is 10.7. The first-order valence-electron chi connectivity index (χ1n) is 6.10. The molecular weight excluding hydrogens is 355 g/mol. The molecule has 11 nitrogen and oxygen atoms in total. The zero-order valence-electron chi connectivity index (χ0n) is 11.9. The van der Waals surface area contributed by atoms with Crippen LogP contribution < -0.4 is 16.4 Å². The summed E-state index contributed by atoms with van der Waals surface area (Å²) in [4.78, 5) is 43.7. The summed E-state index contributed by atoms with van der Waals surface area (Å²) < 4.78 is 0. The summed E-state index contributed by atoms with van der Waals surface area (Å²) in [6.45, 7) is -0.567. The Balaban J connectivity index is -0.00000102. The van der Waals surface area contributed by atoms with Crippen molar-refractivity contribution in [3.8, 4) is 6.26 Å². The van der Waals surface area contributed by atoms with E-state index in [2.05, 4.69) is 23.3 Å². The van der Waals surface area contributed by atoms with Crippen LogP contribution in [0.3, 0.4) is 0 Å². The number of aliphatic carboxylic acids is 2. The number of aliphatic hydroxyl groups excluding tert-OH is 1. The van der Waals surface area contributed by atoms with E-state index >= 15 is 0 Å². The first-order valence-corrected chi connectivity index (χ1v) is 6.74. The number of amides is 2. The van der Waals surface area contributed by atoms with Gasteiger partial charge in [-0.3, -0.25) is 19.2 Å². The number of carbonyl (C=O) groups excluding carboxylic acids is 2. The molecule has 0 aromatic carbocycles. The van der Waals surface area contributed by atoms with Crippen molar-refractivity contribution >= 4 is 65.9 Å². The van der Waals surface area contributed by atoms with Gasteiger partial charge in [0.05, 0.1) is 0 Å². The number of hydrogen-bond donors (Lipinski definition) is 7. The summed E-state index contributed by atoms with van der Waals surface area (Å²) >= 11 is 3.87. The zero-order valence-corrected chi connectivity index (χ0v) is 12.8. The molecule has 0 bridgehead atoms. The number of nitrogens with one attached hydrogen (secondary N) is 2. The molecule has 0 saturated heterocycles. The average Bonchev–Trinajstić information content (AvgIpc) is 2.48. The number of nitrogens with zero attached hydrogens (tertiary/aromatic N) is 1. The van der Waals surface area contributed by atoms with Gasteiger partial charge in [-0.05, 0) is 6.42 Å². The van der Waals surface area contributed by atoms with Crippen LogP contribution in [0.5, 0.6) is 0 Å². The zero-order chi connectivity index (χ0) is 18.4. The van der Waals surface area contributed by atoms with Crippen molar-refractivity contribution in [1.82, 2.24) is 10.6 Å². The summed E-state index contributed by atoms with van der Waals surface area (Å²) in [6.07, 6.45) is 0.515. The molecule has 2 atom stereocenters. The number of carboxylic acid groups (broad SMARTS) is 2. The van der Waals surface area contributed by atoms with Gasteiger partial charge in [0.1, 0.15) is 18.6 Å². The molecule has 0 heterocycles. The Morgan fingerprint density at radius 3 is 2.12 bits per heavy atom. The molecule has 0 aliphatic heterocycles. The van der Waals surface area contributed by atoms with Gasteiger partial charge in [0, 0.05) is 12.2 Å². The third kappa shape index (κ3) is 15.4. The van der Waals surface area contributed by atoms with Crippen LogP contribution in [-0.2, 0) is 19.2 Å². The number of rotatable bonds is 9. The monoisotopic (exact) mass is 374 g/mol. The van der Waals surface area contributed by atoms with Gasteiger partial charge in [0.2, 0.25) is 11.8 Å². The normalized spacial score (nSPS) is 11.2. The SMILES string of the molecule is N#CO.N[C@@H](CCC(=O)N[C@@H](CS)C(=O)NCC(=O)O)C(=O)O.[NaH]. The molecule has 0 aromatic rings. The fraction of sp³-hybridized carbons (Fsp3) is 0.545. The summed E-state index contributed by atoms with van der Waals surface area (Å²) in [5.74, 6) is -3.70. The van der Waals surface area contributed by atoms with Crippen LogP contribution in [0.15, 0.2) is 0 Å². The van der Waals surface area contributed by atoms with Crippen LogP contribution in [0.2, 0.25) is 0 Å². The number of aliphatic hydroxyl groups is 1. The topological polar surface area (TPSA) is 203 Å². The molecule has 7 N–H and O–H groups in total. The fourth-order valence-electron chi connectivity index (χ4n) is 1.16. The first kappa shape index (κ1) is 27.3. The maximum atomic E-state index is 11.5. The van der Waals surface area contributed by atoms with Gasteiger partial charge in [-0.2, -0.15) is 17.9 Å². The minimum absolute atomic E-state index is 0. The molecule has 2 amide bonds. The van der Waals surface area contributed by atoms with Gasteiger partial charge < -0.3 is 31.7 Å². The van der Waals surface area contributed by atoms with E-state index in [0.717, 1.165) is 6.26 Å². The summed E-state index contributed by atoms with van der Waals surface area (Å²) in [5, 5.41) is 35.1. The van der Waals surface area contributed by atoms with Crippen LogP contribution in [0.1, 0.15) is 12.8 Å². The van der Waals surface area contributed by atoms with Crippen molar-refractivity contribution in [2.24, 2.45) is 5.73 Å². The molecule has 0 rings (SSSR count). The third-order valence-corrected chi connectivity index (χ3v) is 2.61. The van der Waals surface area contributed by atoms with Crippen LogP contribution in [0.4, 0.5) is 0 Å². The molecule has 24 heavy (non-hydrogen) atoms. The standard InChI is InChI=1S/C10H17N3O6S.CHNO.Na.H/c11-5(10(18)19)1-2-7(14)13-6(4-20)9(17)12-3-8(15)16;2-1-3;;/h5-6,20H,1-4,11H2,(H,12,17)(H,13,14)(H,15,16)(H,18,19);3H;;/t5-,6-;;;/m0.../s1. The third-order valence-electron chi connectivity index (χ3n) is 2.25. The average molecular weight is 374 g/mol. The Labute approximate surface area is 165 Å². The van der Waals surface area contributed by atoms with Gasteiger partial charge >= 0.3 is 41.5 Å². The van der Waals surface area contributed by atoms with Gasteiger partial charge in [0.25, 0.3) is 6.26 Å². The van der Waals surface area contributed by atoms with E-state index in [9.17, 15) is 19.2 Å². The van der Waals surface area contributed by atoms with E-state index in [1.165, 1.54) is 0 Å². The van der Waals surface area contributed by atoms with Crippen molar-refractivity contribution in [2.75, 3.05) is 12.3 Å². The number of hydrogen-bond acceptors (Lipinski definition) is 8. The number of carbonyl (C=O) groups is 4. The Hall–Kier alpha value is -1.52. The molecule has 13 heteroatoms. The molecule has 132 valence electrons. The van der Waals surface area contributed by atoms with E-state index in [1.54, 1.807) is 0 Å². The van der Waals surface area contributed by atoms with Crippen LogP contribution >= 0.6 is 12.6 Å². The Morgan fingerprint density at radius 2 is 1.75 bits per heavy atom. The van der Waals surface area contributed by atoms with Gasteiger partial charge in [-0.1, -0.05) is 0 Å². The predicted molar refractivity (Wildman–Crippen MR) is 86.0 cm³/mol. The Bertz CT molecular complexity index is 472. The molecule has 0 aromatic heterocycles. The number of nitriles is 1. The van der Waals surface area contributed by atoms with E-state index in [1.807, 2.05) is 0 Å². The van der Waals surface area contributed by atoms with Crippen molar-refractivity contribution < 1.29 is 34.5 Å². The summed E-state index contributed by atoms with van der Waals surface area (Å²) in [6, 6.07) is -2.15. The maximum absolute atomic E-state index is 11.5. The minimum atomic E-state index is -1.22. The van der Waals surface area contributed by atoms with E-state index in [-0.39, 0.29) is 48.2 Å². The van der Waals surface area contributed by atoms with E-state index < -0.39 is 42.4 Å². The molecule has 0 spiro atoms. The molecule has 0 radical (unpaired) electrons. The molecule has 0 saturated carbocycles. The van der Waals surface area contributed by atoms with Crippen molar-refractivity contribution in [3.63, 3.8) is 0 Å². The van der Waals surface area contributed by atoms with Crippen molar-refractivity contribution in [1.29, 1.82) is 5.26 Å². The van der Waals surface area contributed by atoms with Crippen LogP contribution in [0, 0.1) is 11.5 Å². The van der Waals surface area contributed by atoms with E-state index in [0.29, 0.717) is 0 Å². The quantitative estimate of drug-likeness (QED) is 0.124. The second-order valence-electron chi connectivity index (χ2n) is 4.00. The van der Waals surface area contributed by atoms with Gasteiger partial charge in [-0.15, -0.1) is 0 Å². The second kappa shape index (κ2) is 16.3. The van der Waals surface area contributed by atoms with E-state index in [4.69, 9.17) is 26.3 Å². The summed E-state index contributed by atoms with van der Waals surface area (Å²) in [7, 11) is 0. The summed E-state index contributed by atoms with van der Waals surface area (Å²) in [5.41, 5.74) is 5.23. The number of nitrogens with two attached hydrogens (primary N) is 1. The fourth-order valence-corrected chi connectivity index (χ4v) is 1.41. The predicted octanol–water partition coefficient (Wildman–Crippen LogP) is -3.01. The van der Waals surface area contributed by atoms with Crippen LogP contribution in [-0.4, -0.2) is 93.0 Å². The Morgan fingerprint density at radius 1 is 1.25 bits per heavy atom. The molecule has 0 fully saturated rings. The number of carboxylic acids is 2. The van der Waals surface area contributed by atoms with Crippen LogP contribution in [0.25, 0.3) is 0 Å². The van der Waals surface area contributed by atoms with Gasteiger partial charge in [-0.25, -0.2) is 0 Å². The molecule has 0 aliphatic carbocycles. The van der Waals surface area contributed by atoms with Gasteiger partial charge in [0.15, 0.2) is 0 Å². The Kier molecular flexibility index (Phi) is 18.6. The molecule has 0 unspecified atom stereocenters. The van der Waals surface area contributed by atoms with Crippen molar-refractivity contribution in [2.45, 2.75) is 24.9 Å².